The first-order valence-corrected chi connectivity index (χ1v) is 11.5. The molecule has 6 rings (SSSR count). The van der Waals surface area contributed by atoms with Gasteiger partial charge in [0.05, 0.1) is 0 Å². The zero-order valence-corrected chi connectivity index (χ0v) is 17.8. The molecule has 1 heteroatoms. The smallest absolute Gasteiger partial charge is 0.0487 e. The van der Waals surface area contributed by atoms with Crippen LogP contribution < -0.4 is 4.90 Å². The molecule has 1 saturated carbocycles. The summed E-state index contributed by atoms with van der Waals surface area (Å²) in [6, 6.07) is 22.6. The number of rotatable bonds is 2. The maximum atomic E-state index is 2.52. The Hall–Kier alpha value is -2.80. The highest BCUT2D eigenvalue weighted by Crippen LogP contribution is 2.57. The average Bonchev–Trinajstić information content (AvgIpc) is 3.08. The molecule has 0 bridgehead atoms. The Morgan fingerprint density at radius 1 is 0.867 bits per heavy atom. The van der Waals surface area contributed by atoms with E-state index in [4.69, 9.17) is 0 Å². The first-order chi connectivity index (χ1) is 14.8. The molecule has 3 aromatic carbocycles. The van der Waals surface area contributed by atoms with Gasteiger partial charge in [0.1, 0.15) is 0 Å². The Balaban J connectivity index is 1.48. The second kappa shape index (κ2) is 6.87. The van der Waals surface area contributed by atoms with Crippen LogP contribution in [-0.4, -0.2) is 7.05 Å². The molecule has 1 spiro atoms. The lowest BCUT2D eigenvalue weighted by molar-refractivity contribution is 0.338. The lowest BCUT2D eigenvalue weighted by atomic mass is 9.65. The highest BCUT2D eigenvalue weighted by Gasteiger charge is 2.45. The fraction of sp³-hybridized carbons (Fsp3) is 0.310. The molecule has 0 atom stereocenters. The second-order valence-electron chi connectivity index (χ2n) is 9.26. The number of anilines is 2. The first kappa shape index (κ1) is 18.0. The lowest BCUT2D eigenvalue weighted by Gasteiger charge is -2.38. The molecular formula is C29H29N. The van der Waals surface area contributed by atoms with Crippen molar-refractivity contribution in [1.29, 1.82) is 0 Å². The van der Waals surface area contributed by atoms with Gasteiger partial charge in [0.25, 0.3) is 0 Å². The van der Waals surface area contributed by atoms with Crippen LogP contribution >= 0.6 is 0 Å². The summed E-state index contributed by atoms with van der Waals surface area (Å²) in [6.07, 6.45) is 14.0. The Morgan fingerprint density at radius 2 is 1.70 bits per heavy atom. The van der Waals surface area contributed by atoms with E-state index in [2.05, 4.69) is 84.8 Å². The van der Waals surface area contributed by atoms with Gasteiger partial charge in [0, 0.05) is 29.2 Å². The molecule has 150 valence electrons. The van der Waals surface area contributed by atoms with E-state index in [0.717, 1.165) is 0 Å². The van der Waals surface area contributed by atoms with E-state index in [9.17, 15) is 0 Å². The summed E-state index contributed by atoms with van der Waals surface area (Å²) < 4.78 is 0. The number of hydrogen-bond donors (Lipinski definition) is 0. The summed E-state index contributed by atoms with van der Waals surface area (Å²) >= 11 is 0. The third kappa shape index (κ3) is 2.54. The van der Waals surface area contributed by atoms with Crippen molar-refractivity contribution in [2.75, 3.05) is 11.9 Å². The normalized spacial score (nSPS) is 19.2. The standard InChI is InChI=1S/C29H29N/c1-30(28-15-9-11-21-10-3-4-12-23(21)28)22-16-17-25-24-13-5-6-14-26(24)29(27(25)20-22)18-7-2-8-19-29/h3-5,9-13,15-17,20H,2,6-8,14,18-19H2,1H3. The van der Waals surface area contributed by atoms with E-state index in [1.165, 1.54) is 78.2 Å². The summed E-state index contributed by atoms with van der Waals surface area (Å²) in [5.41, 5.74) is 9.26. The molecule has 0 radical (unpaired) electrons. The molecule has 30 heavy (non-hydrogen) atoms. The molecule has 0 unspecified atom stereocenters. The fourth-order valence-corrected chi connectivity index (χ4v) is 6.31. The van der Waals surface area contributed by atoms with Crippen molar-refractivity contribution in [3.05, 3.63) is 89.5 Å². The molecule has 3 aliphatic carbocycles. The minimum atomic E-state index is 0.295. The van der Waals surface area contributed by atoms with Crippen molar-refractivity contribution in [3.63, 3.8) is 0 Å². The van der Waals surface area contributed by atoms with E-state index in [-0.39, 0.29) is 0 Å². The molecule has 3 aromatic rings. The Morgan fingerprint density at radius 3 is 2.60 bits per heavy atom. The predicted molar refractivity (Wildman–Crippen MR) is 129 cm³/mol. The monoisotopic (exact) mass is 391 g/mol. The van der Waals surface area contributed by atoms with Gasteiger partial charge in [-0.25, -0.2) is 0 Å². The highest BCUT2D eigenvalue weighted by atomic mass is 15.1. The molecule has 3 aliphatic rings. The number of allylic oxidation sites excluding steroid dienone is 4. The van der Waals surface area contributed by atoms with Crippen molar-refractivity contribution >= 4 is 27.7 Å². The summed E-state index contributed by atoms with van der Waals surface area (Å²) in [7, 11) is 2.22. The summed E-state index contributed by atoms with van der Waals surface area (Å²) in [6.45, 7) is 0. The average molecular weight is 392 g/mol. The van der Waals surface area contributed by atoms with E-state index in [0.29, 0.717) is 5.41 Å². The fourth-order valence-electron chi connectivity index (χ4n) is 6.31. The van der Waals surface area contributed by atoms with Crippen molar-refractivity contribution in [2.45, 2.75) is 50.4 Å². The van der Waals surface area contributed by atoms with E-state index in [1.807, 2.05) is 0 Å². The largest absolute Gasteiger partial charge is 0.344 e. The van der Waals surface area contributed by atoms with Crippen molar-refractivity contribution < 1.29 is 0 Å². The van der Waals surface area contributed by atoms with Crippen LogP contribution in [0.1, 0.15) is 56.1 Å². The lowest BCUT2D eigenvalue weighted by Crippen LogP contribution is -2.30. The van der Waals surface area contributed by atoms with Crippen LogP contribution in [0.4, 0.5) is 11.4 Å². The molecule has 0 saturated heterocycles. The first-order valence-electron chi connectivity index (χ1n) is 11.5. The molecule has 0 aliphatic heterocycles. The van der Waals surface area contributed by atoms with Gasteiger partial charge >= 0.3 is 0 Å². The zero-order chi connectivity index (χ0) is 20.1. The molecule has 0 N–H and O–H groups in total. The Bertz CT molecular complexity index is 1180. The molecule has 1 nitrogen and oxygen atoms in total. The number of benzene rings is 3. The molecule has 0 aromatic heterocycles. The van der Waals surface area contributed by atoms with Gasteiger partial charge in [-0.15, -0.1) is 0 Å². The minimum Gasteiger partial charge on any atom is -0.344 e. The summed E-state index contributed by atoms with van der Waals surface area (Å²) in [5.74, 6) is 0. The third-order valence-electron chi connectivity index (χ3n) is 7.78. The molecule has 1 fully saturated rings. The minimum absolute atomic E-state index is 0.295. The van der Waals surface area contributed by atoms with Crippen LogP contribution in [0.2, 0.25) is 0 Å². The van der Waals surface area contributed by atoms with Gasteiger partial charge in [-0.05, 0) is 66.0 Å². The van der Waals surface area contributed by atoms with Crippen molar-refractivity contribution in [3.8, 4) is 0 Å². The highest BCUT2D eigenvalue weighted by molar-refractivity contribution is 5.96. The van der Waals surface area contributed by atoms with Gasteiger partial charge in [-0.1, -0.05) is 79.5 Å². The summed E-state index contributed by atoms with van der Waals surface area (Å²) in [5, 5.41) is 2.62. The molecule has 0 amide bonds. The van der Waals surface area contributed by atoms with Gasteiger partial charge in [0.2, 0.25) is 0 Å². The predicted octanol–water partition coefficient (Wildman–Crippen LogP) is 7.93. The van der Waals surface area contributed by atoms with Gasteiger partial charge in [-0.3, -0.25) is 0 Å². The van der Waals surface area contributed by atoms with Crippen molar-refractivity contribution in [2.24, 2.45) is 0 Å². The maximum absolute atomic E-state index is 2.52. The SMILES string of the molecule is CN(c1ccc2c(c1)C1(CCCCC1)C1=C2C=CCC1)c1cccc2ccccc12. The van der Waals surface area contributed by atoms with Gasteiger partial charge in [-0.2, -0.15) is 0 Å². The summed E-state index contributed by atoms with van der Waals surface area (Å²) in [4.78, 5) is 2.38. The van der Waals surface area contributed by atoms with Crippen LogP contribution in [0.15, 0.2) is 78.4 Å². The van der Waals surface area contributed by atoms with Crippen molar-refractivity contribution in [1.82, 2.24) is 0 Å². The van der Waals surface area contributed by atoms with Gasteiger partial charge in [0.15, 0.2) is 0 Å². The van der Waals surface area contributed by atoms with Crippen LogP contribution in [0.3, 0.4) is 0 Å². The number of nitrogens with zero attached hydrogens (tertiary/aromatic N) is 1. The number of fused-ring (bicyclic) bond motifs is 5. The third-order valence-corrected chi connectivity index (χ3v) is 7.78. The maximum Gasteiger partial charge on any atom is 0.0487 e. The second-order valence-corrected chi connectivity index (χ2v) is 9.26. The van der Waals surface area contributed by atoms with Crippen LogP contribution in [0, 0.1) is 0 Å². The zero-order valence-electron chi connectivity index (χ0n) is 17.8. The molecular weight excluding hydrogens is 362 g/mol. The van der Waals surface area contributed by atoms with E-state index < -0.39 is 0 Å². The molecule has 0 heterocycles. The topological polar surface area (TPSA) is 3.24 Å². The van der Waals surface area contributed by atoms with Crippen LogP contribution in [0.5, 0.6) is 0 Å². The van der Waals surface area contributed by atoms with Gasteiger partial charge < -0.3 is 4.90 Å². The van der Waals surface area contributed by atoms with Crippen LogP contribution in [-0.2, 0) is 5.41 Å². The van der Waals surface area contributed by atoms with Crippen LogP contribution in [0.25, 0.3) is 16.3 Å². The van der Waals surface area contributed by atoms with E-state index >= 15 is 0 Å². The quantitative estimate of drug-likeness (QED) is 0.429. The number of hydrogen-bond acceptors (Lipinski definition) is 1. The Kier molecular flexibility index (Phi) is 4.13. The van der Waals surface area contributed by atoms with E-state index in [1.54, 1.807) is 11.1 Å². The Labute approximate surface area is 179 Å².